The molecule has 4 nitrogen and oxygen atoms in total. The van der Waals surface area contributed by atoms with Crippen molar-refractivity contribution in [1.82, 2.24) is 5.32 Å². The Balaban J connectivity index is 1.92. The molecule has 1 heterocycles. The van der Waals surface area contributed by atoms with Crippen molar-refractivity contribution < 1.29 is 14.7 Å². The fourth-order valence-electron chi connectivity index (χ4n) is 2.07. The summed E-state index contributed by atoms with van der Waals surface area (Å²) in [6.45, 7) is 0.654. The van der Waals surface area contributed by atoms with Crippen molar-refractivity contribution in [2.75, 3.05) is 12.3 Å². The van der Waals surface area contributed by atoms with Gasteiger partial charge in [0.2, 0.25) is 0 Å². The third-order valence-electron chi connectivity index (χ3n) is 3.14. The molecule has 0 bridgehead atoms. The number of carbonyl (C=O) groups is 2. The van der Waals surface area contributed by atoms with Gasteiger partial charge in [-0.05, 0) is 36.8 Å². The van der Waals surface area contributed by atoms with Crippen LogP contribution in [0.1, 0.15) is 40.0 Å². The van der Waals surface area contributed by atoms with Crippen molar-refractivity contribution in [3.05, 3.63) is 35.4 Å². The summed E-state index contributed by atoms with van der Waals surface area (Å²) in [4.78, 5) is 22.8. The van der Waals surface area contributed by atoms with E-state index in [4.69, 9.17) is 5.11 Å². The number of thioether (sulfide) groups is 1. The highest BCUT2D eigenvalue weighted by Crippen LogP contribution is 2.24. The van der Waals surface area contributed by atoms with Gasteiger partial charge in [-0.1, -0.05) is 12.5 Å². The van der Waals surface area contributed by atoms with Crippen molar-refractivity contribution >= 4 is 23.6 Å². The van der Waals surface area contributed by atoms with Gasteiger partial charge in [-0.2, -0.15) is 11.8 Å². The molecule has 1 unspecified atom stereocenters. The van der Waals surface area contributed by atoms with Gasteiger partial charge in [-0.25, -0.2) is 4.79 Å². The number of hydrogen-bond donors (Lipinski definition) is 2. The Hall–Kier alpha value is -1.49. The molecule has 1 aliphatic heterocycles. The van der Waals surface area contributed by atoms with Gasteiger partial charge < -0.3 is 10.4 Å². The average molecular weight is 279 g/mol. The minimum atomic E-state index is -1.02. The van der Waals surface area contributed by atoms with Crippen LogP contribution in [0.15, 0.2) is 24.3 Å². The maximum atomic E-state index is 11.9. The van der Waals surface area contributed by atoms with Gasteiger partial charge in [0, 0.05) is 17.4 Å². The number of rotatable bonds is 4. The molecule has 1 aromatic rings. The first-order valence-electron chi connectivity index (χ1n) is 6.40. The summed E-state index contributed by atoms with van der Waals surface area (Å²) in [5.41, 5.74) is 0.542. The molecule has 0 radical (unpaired) electrons. The van der Waals surface area contributed by atoms with Crippen LogP contribution in [0.3, 0.4) is 0 Å². The molecule has 0 aliphatic carbocycles. The van der Waals surface area contributed by atoms with E-state index in [1.807, 2.05) is 11.8 Å². The number of amides is 1. The molecule has 2 rings (SSSR count). The van der Waals surface area contributed by atoms with E-state index in [1.54, 1.807) is 12.1 Å². The van der Waals surface area contributed by atoms with Crippen molar-refractivity contribution in [3.63, 3.8) is 0 Å². The summed E-state index contributed by atoms with van der Waals surface area (Å²) < 4.78 is 0. The van der Waals surface area contributed by atoms with Crippen LogP contribution in [-0.2, 0) is 0 Å². The summed E-state index contributed by atoms with van der Waals surface area (Å²) in [5.74, 6) is -0.0542. The van der Waals surface area contributed by atoms with E-state index in [2.05, 4.69) is 5.32 Å². The average Bonchev–Trinajstić information content (AvgIpc) is 2.46. The monoisotopic (exact) mass is 279 g/mol. The SMILES string of the molecule is O=C(O)c1cccc(C(=O)NCC2CCCCS2)c1. The van der Waals surface area contributed by atoms with E-state index in [0.29, 0.717) is 17.4 Å². The highest BCUT2D eigenvalue weighted by Gasteiger charge is 2.15. The van der Waals surface area contributed by atoms with Gasteiger partial charge in [-0.15, -0.1) is 0 Å². The van der Waals surface area contributed by atoms with Crippen LogP contribution in [0.2, 0.25) is 0 Å². The normalized spacial score (nSPS) is 18.8. The van der Waals surface area contributed by atoms with E-state index >= 15 is 0 Å². The van der Waals surface area contributed by atoms with E-state index in [-0.39, 0.29) is 11.5 Å². The largest absolute Gasteiger partial charge is 0.478 e. The quantitative estimate of drug-likeness (QED) is 0.888. The lowest BCUT2D eigenvalue weighted by atomic mass is 10.1. The molecule has 1 amide bonds. The number of carbonyl (C=O) groups excluding carboxylic acids is 1. The molecule has 0 aromatic heterocycles. The summed E-state index contributed by atoms with van der Waals surface area (Å²) in [7, 11) is 0. The standard InChI is InChI=1S/C14H17NO3S/c16-13(15-9-12-6-1-2-7-19-12)10-4-3-5-11(8-10)14(17)18/h3-5,8,12H,1-2,6-7,9H2,(H,15,16)(H,17,18). The minimum Gasteiger partial charge on any atom is -0.478 e. The van der Waals surface area contributed by atoms with Gasteiger partial charge in [0.15, 0.2) is 0 Å². The van der Waals surface area contributed by atoms with E-state index < -0.39 is 5.97 Å². The van der Waals surface area contributed by atoms with Gasteiger partial charge in [0.05, 0.1) is 5.56 Å². The summed E-state index contributed by atoms with van der Waals surface area (Å²) >= 11 is 1.90. The van der Waals surface area contributed by atoms with Gasteiger partial charge in [-0.3, -0.25) is 4.79 Å². The number of nitrogens with one attached hydrogen (secondary N) is 1. The highest BCUT2D eigenvalue weighted by molar-refractivity contribution is 7.99. The number of carboxylic acids is 1. The van der Waals surface area contributed by atoms with Crippen LogP contribution in [0.4, 0.5) is 0 Å². The molecular weight excluding hydrogens is 262 g/mol. The van der Waals surface area contributed by atoms with Crippen LogP contribution >= 0.6 is 11.8 Å². The number of carboxylic acid groups (broad SMARTS) is 1. The molecule has 2 N–H and O–H groups in total. The number of hydrogen-bond acceptors (Lipinski definition) is 3. The predicted molar refractivity (Wildman–Crippen MR) is 75.8 cm³/mol. The molecule has 5 heteroatoms. The third-order valence-corrected chi connectivity index (χ3v) is 4.53. The first-order chi connectivity index (χ1) is 9.16. The molecular formula is C14H17NO3S. The van der Waals surface area contributed by atoms with Crippen molar-refractivity contribution in [2.24, 2.45) is 0 Å². The molecule has 1 atom stereocenters. The summed E-state index contributed by atoms with van der Waals surface area (Å²) in [6.07, 6.45) is 3.62. The Morgan fingerprint density at radius 1 is 1.32 bits per heavy atom. The molecule has 0 saturated carbocycles. The Morgan fingerprint density at radius 3 is 2.79 bits per heavy atom. The maximum Gasteiger partial charge on any atom is 0.335 e. The predicted octanol–water partition coefficient (Wildman–Crippen LogP) is 2.40. The van der Waals surface area contributed by atoms with Gasteiger partial charge in [0.25, 0.3) is 5.91 Å². The smallest absolute Gasteiger partial charge is 0.335 e. The maximum absolute atomic E-state index is 11.9. The zero-order valence-corrected chi connectivity index (χ0v) is 11.4. The molecule has 1 aromatic carbocycles. The van der Waals surface area contributed by atoms with Crippen LogP contribution < -0.4 is 5.32 Å². The van der Waals surface area contributed by atoms with E-state index in [0.717, 1.165) is 12.2 Å². The Kier molecular flexibility index (Phi) is 4.85. The Morgan fingerprint density at radius 2 is 2.11 bits per heavy atom. The second-order valence-corrected chi connectivity index (χ2v) is 5.99. The van der Waals surface area contributed by atoms with Crippen LogP contribution in [0, 0.1) is 0 Å². The summed E-state index contributed by atoms with van der Waals surface area (Å²) in [6, 6.07) is 6.12. The lowest BCUT2D eigenvalue weighted by Crippen LogP contribution is -2.32. The van der Waals surface area contributed by atoms with Gasteiger partial charge >= 0.3 is 5.97 Å². The molecule has 1 aliphatic rings. The molecule has 19 heavy (non-hydrogen) atoms. The first kappa shape index (κ1) is 13.9. The fourth-order valence-corrected chi connectivity index (χ4v) is 3.31. The number of aromatic carboxylic acids is 1. The number of benzene rings is 1. The second kappa shape index (κ2) is 6.61. The zero-order valence-electron chi connectivity index (χ0n) is 10.6. The molecule has 0 spiro atoms. The highest BCUT2D eigenvalue weighted by atomic mass is 32.2. The third kappa shape index (κ3) is 3.99. The molecule has 1 fully saturated rings. The molecule has 1 saturated heterocycles. The zero-order chi connectivity index (χ0) is 13.7. The van der Waals surface area contributed by atoms with E-state index in [9.17, 15) is 9.59 Å². The van der Waals surface area contributed by atoms with Crippen molar-refractivity contribution in [3.8, 4) is 0 Å². The lowest BCUT2D eigenvalue weighted by Gasteiger charge is -2.21. The van der Waals surface area contributed by atoms with E-state index in [1.165, 1.54) is 25.0 Å². The minimum absolute atomic E-state index is 0.139. The Bertz CT molecular complexity index is 470. The van der Waals surface area contributed by atoms with Crippen LogP contribution in [0.5, 0.6) is 0 Å². The van der Waals surface area contributed by atoms with Crippen LogP contribution in [0.25, 0.3) is 0 Å². The van der Waals surface area contributed by atoms with Crippen LogP contribution in [-0.4, -0.2) is 34.5 Å². The topological polar surface area (TPSA) is 66.4 Å². The first-order valence-corrected chi connectivity index (χ1v) is 7.45. The lowest BCUT2D eigenvalue weighted by molar-refractivity contribution is 0.0697. The van der Waals surface area contributed by atoms with Crippen molar-refractivity contribution in [1.29, 1.82) is 0 Å². The summed E-state index contributed by atoms with van der Waals surface area (Å²) in [5, 5.41) is 12.3. The second-order valence-electron chi connectivity index (χ2n) is 4.58. The Labute approximate surface area is 116 Å². The molecule has 102 valence electrons. The van der Waals surface area contributed by atoms with Crippen molar-refractivity contribution in [2.45, 2.75) is 24.5 Å². The van der Waals surface area contributed by atoms with Gasteiger partial charge in [0.1, 0.15) is 0 Å². The fraction of sp³-hybridized carbons (Fsp3) is 0.429.